The number of aromatic hydroxyl groups is 1. The molecule has 0 fully saturated rings. The minimum absolute atomic E-state index is 0.0809. The average Bonchev–Trinajstić information content (AvgIpc) is 3.15. The zero-order chi connectivity index (χ0) is 20.4. The van der Waals surface area contributed by atoms with Crippen molar-refractivity contribution in [1.29, 1.82) is 0 Å². The van der Waals surface area contributed by atoms with Crippen molar-refractivity contribution in [2.24, 2.45) is 0 Å². The van der Waals surface area contributed by atoms with Gasteiger partial charge in [-0.3, -0.25) is 4.98 Å². The van der Waals surface area contributed by atoms with Crippen molar-refractivity contribution in [3.05, 3.63) is 47.8 Å². The van der Waals surface area contributed by atoms with Crippen LogP contribution in [0.15, 0.2) is 41.1 Å². The van der Waals surface area contributed by atoms with E-state index in [-0.39, 0.29) is 23.4 Å². The fourth-order valence-corrected chi connectivity index (χ4v) is 2.84. The number of pyridine rings is 1. The second-order valence-corrected chi connectivity index (χ2v) is 6.58. The SMILES string of the molecule is CCCOc1nc(Oc2cccnc2)nc2oc(-c3cc(C)c(O)c(C)c3)nc12. The molecule has 3 heterocycles. The van der Waals surface area contributed by atoms with Crippen molar-refractivity contribution >= 4 is 11.2 Å². The molecule has 3 aromatic heterocycles. The van der Waals surface area contributed by atoms with Gasteiger partial charge >= 0.3 is 6.01 Å². The number of nitrogens with zero attached hydrogens (tertiary/aromatic N) is 4. The highest BCUT2D eigenvalue weighted by molar-refractivity contribution is 5.78. The summed E-state index contributed by atoms with van der Waals surface area (Å²) in [5.74, 6) is 1.40. The lowest BCUT2D eigenvalue weighted by atomic mass is 10.1. The molecule has 0 saturated carbocycles. The molecule has 8 heteroatoms. The van der Waals surface area contributed by atoms with E-state index in [1.165, 1.54) is 0 Å². The molecule has 0 amide bonds. The predicted molar refractivity (Wildman–Crippen MR) is 106 cm³/mol. The van der Waals surface area contributed by atoms with Crippen LogP contribution in [0.3, 0.4) is 0 Å². The molecule has 1 aromatic carbocycles. The average molecular weight is 392 g/mol. The minimum Gasteiger partial charge on any atom is -0.507 e. The third kappa shape index (κ3) is 3.82. The number of hydrogen-bond donors (Lipinski definition) is 1. The molecule has 1 N–H and O–H groups in total. The van der Waals surface area contributed by atoms with Crippen LogP contribution >= 0.6 is 0 Å². The summed E-state index contributed by atoms with van der Waals surface area (Å²) >= 11 is 0. The number of aromatic nitrogens is 4. The number of phenols is 1. The van der Waals surface area contributed by atoms with E-state index in [4.69, 9.17) is 13.9 Å². The molecular formula is C21H20N4O4. The Labute approximate surface area is 167 Å². The third-order valence-corrected chi connectivity index (χ3v) is 4.23. The summed E-state index contributed by atoms with van der Waals surface area (Å²) in [6, 6.07) is 7.20. The standard InChI is InChI=1S/C21H20N4O4/c1-4-8-27-19-16-20(25-21(24-19)28-15-6-5-7-22-11-15)29-18(23-16)14-9-12(2)17(26)13(3)10-14/h5-7,9-11,26H,4,8H2,1-3H3. The number of aryl methyl sites for hydroxylation is 2. The second-order valence-electron chi connectivity index (χ2n) is 6.58. The molecule has 0 aliphatic carbocycles. The van der Waals surface area contributed by atoms with Crippen molar-refractivity contribution in [2.45, 2.75) is 27.2 Å². The molecule has 0 bridgehead atoms. The van der Waals surface area contributed by atoms with Crippen LogP contribution in [0.25, 0.3) is 22.7 Å². The smallest absolute Gasteiger partial charge is 0.328 e. The first-order valence-electron chi connectivity index (χ1n) is 9.25. The van der Waals surface area contributed by atoms with Crippen LogP contribution in [-0.2, 0) is 0 Å². The number of oxazole rings is 1. The van der Waals surface area contributed by atoms with Crippen LogP contribution in [0.4, 0.5) is 0 Å². The van der Waals surface area contributed by atoms with E-state index in [1.807, 2.05) is 20.8 Å². The highest BCUT2D eigenvalue weighted by Crippen LogP contribution is 2.33. The third-order valence-electron chi connectivity index (χ3n) is 4.23. The molecule has 0 atom stereocenters. The highest BCUT2D eigenvalue weighted by atomic mass is 16.5. The van der Waals surface area contributed by atoms with Crippen molar-refractivity contribution in [3.8, 4) is 34.8 Å². The maximum Gasteiger partial charge on any atom is 0.328 e. The number of phenolic OH excluding ortho intramolecular Hbond substituents is 1. The Balaban J connectivity index is 1.79. The quantitative estimate of drug-likeness (QED) is 0.508. The van der Waals surface area contributed by atoms with E-state index in [2.05, 4.69) is 19.9 Å². The summed E-state index contributed by atoms with van der Waals surface area (Å²) in [5.41, 5.74) is 2.86. The maximum absolute atomic E-state index is 10.0. The summed E-state index contributed by atoms with van der Waals surface area (Å²) in [5, 5.41) is 10.0. The Morgan fingerprint density at radius 3 is 2.59 bits per heavy atom. The summed E-state index contributed by atoms with van der Waals surface area (Å²) < 4.78 is 17.3. The zero-order valence-corrected chi connectivity index (χ0v) is 16.3. The Kier molecular flexibility index (Phi) is 4.99. The normalized spacial score (nSPS) is 11.0. The van der Waals surface area contributed by atoms with Gasteiger partial charge in [0.15, 0.2) is 5.52 Å². The Morgan fingerprint density at radius 1 is 1.10 bits per heavy atom. The lowest BCUT2D eigenvalue weighted by molar-refractivity contribution is 0.302. The first kappa shape index (κ1) is 18.7. The minimum atomic E-state index is 0.0809. The van der Waals surface area contributed by atoms with Gasteiger partial charge in [-0.05, 0) is 55.7 Å². The van der Waals surface area contributed by atoms with Crippen LogP contribution in [0.1, 0.15) is 24.5 Å². The van der Waals surface area contributed by atoms with E-state index in [0.717, 1.165) is 23.1 Å². The van der Waals surface area contributed by atoms with Gasteiger partial charge in [0.25, 0.3) is 11.6 Å². The molecule has 0 aliphatic rings. The first-order chi connectivity index (χ1) is 14.0. The number of rotatable bonds is 6. The van der Waals surface area contributed by atoms with E-state index >= 15 is 0 Å². The summed E-state index contributed by atoms with van der Waals surface area (Å²) in [6.07, 6.45) is 4.02. The monoisotopic (exact) mass is 392 g/mol. The fourth-order valence-electron chi connectivity index (χ4n) is 2.84. The maximum atomic E-state index is 10.0. The van der Waals surface area contributed by atoms with Crippen molar-refractivity contribution in [3.63, 3.8) is 0 Å². The summed E-state index contributed by atoms with van der Waals surface area (Å²) in [4.78, 5) is 17.2. The van der Waals surface area contributed by atoms with Gasteiger partial charge in [0.1, 0.15) is 11.5 Å². The molecule has 0 spiro atoms. The molecule has 4 aromatic rings. The zero-order valence-electron chi connectivity index (χ0n) is 16.3. The van der Waals surface area contributed by atoms with E-state index in [9.17, 15) is 5.11 Å². The molecule has 0 unspecified atom stereocenters. The van der Waals surface area contributed by atoms with Crippen molar-refractivity contribution in [1.82, 2.24) is 19.9 Å². The largest absolute Gasteiger partial charge is 0.507 e. The molecular weight excluding hydrogens is 372 g/mol. The molecule has 29 heavy (non-hydrogen) atoms. The van der Waals surface area contributed by atoms with Crippen molar-refractivity contribution in [2.75, 3.05) is 6.61 Å². The van der Waals surface area contributed by atoms with Crippen LogP contribution in [0, 0.1) is 13.8 Å². The van der Waals surface area contributed by atoms with Gasteiger partial charge in [-0.25, -0.2) is 4.98 Å². The van der Waals surface area contributed by atoms with Gasteiger partial charge < -0.3 is 19.0 Å². The topological polar surface area (TPSA) is 103 Å². The molecule has 4 rings (SSSR count). The lowest BCUT2D eigenvalue weighted by Crippen LogP contribution is -2.01. The van der Waals surface area contributed by atoms with Gasteiger partial charge in [-0.2, -0.15) is 9.97 Å². The number of hydrogen-bond acceptors (Lipinski definition) is 8. The number of benzene rings is 1. The Hall–Kier alpha value is -3.68. The molecule has 0 aliphatic heterocycles. The van der Waals surface area contributed by atoms with Crippen molar-refractivity contribution < 1.29 is 19.0 Å². The van der Waals surface area contributed by atoms with Crippen LogP contribution < -0.4 is 9.47 Å². The van der Waals surface area contributed by atoms with E-state index in [1.54, 1.807) is 36.7 Å². The first-order valence-corrected chi connectivity index (χ1v) is 9.25. The van der Waals surface area contributed by atoms with Gasteiger partial charge in [0.2, 0.25) is 5.89 Å². The van der Waals surface area contributed by atoms with Crippen LogP contribution in [-0.4, -0.2) is 31.6 Å². The fraction of sp³-hybridized carbons (Fsp3) is 0.238. The Bertz CT molecular complexity index is 1140. The van der Waals surface area contributed by atoms with E-state index in [0.29, 0.717) is 23.8 Å². The summed E-state index contributed by atoms with van der Waals surface area (Å²) in [7, 11) is 0. The lowest BCUT2D eigenvalue weighted by Gasteiger charge is -2.06. The molecule has 0 radical (unpaired) electrons. The molecule has 148 valence electrons. The summed E-state index contributed by atoms with van der Waals surface area (Å²) in [6.45, 7) is 6.12. The molecule has 8 nitrogen and oxygen atoms in total. The molecule has 0 saturated heterocycles. The predicted octanol–water partition coefficient (Wildman–Crippen LogP) is 4.58. The van der Waals surface area contributed by atoms with Gasteiger partial charge in [-0.1, -0.05) is 6.92 Å². The van der Waals surface area contributed by atoms with Gasteiger partial charge in [0, 0.05) is 11.8 Å². The van der Waals surface area contributed by atoms with E-state index < -0.39 is 0 Å². The Morgan fingerprint density at radius 2 is 1.90 bits per heavy atom. The van der Waals surface area contributed by atoms with Gasteiger partial charge in [0.05, 0.1) is 12.8 Å². The van der Waals surface area contributed by atoms with Crippen LogP contribution in [0.5, 0.6) is 23.4 Å². The van der Waals surface area contributed by atoms with Gasteiger partial charge in [-0.15, -0.1) is 0 Å². The number of fused-ring (bicyclic) bond motifs is 1. The highest BCUT2D eigenvalue weighted by Gasteiger charge is 2.19. The number of ether oxygens (including phenoxy) is 2. The second kappa shape index (κ2) is 7.75. The van der Waals surface area contributed by atoms with Crippen LogP contribution in [0.2, 0.25) is 0 Å².